The third kappa shape index (κ3) is 7.03. The average Bonchev–Trinajstić information content (AvgIpc) is 3.00. The van der Waals surface area contributed by atoms with Crippen molar-refractivity contribution in [1.29, 1.82) is 0 Å². The highest BCUT2D eigenvalue weighted by Gasteiger charge is 2.33. The number of nitrogens with zero attached hydrogens (tertiary/aromatic N) is 1. The minimum absolute atomic E-state index is 0.0265. The minimum Gasteiger partial charge on any atom is -0.484 e. The SMILES string of the molecule is O=C(NCCc1ccccc1)[C@H]1CN(C(=O)COc2ccc(S(=O)(=O)Nc3ccccc3)cc2)c2ccccc2O1. The smallest absolute Gasteiger partial charge is 0.265 e. The van der Waals surface area contributed by atoms with Crippen LogP contribution >= 0.6 is 0 Å². The summed E-state index contributed by atoms with van der Waals surface area (Å²) in [6.45, 7) is 0.151. The third-order valence-corrected chi connectivity index (χ3v) is 7.84. The number of hydrogen-bond acceptors (Lipinski definition) is 6. The van der Waals surface area contributed by atoms with Crippen LogP contribution in [0.4, 0.5) is 11.4 Å². The van der Waals surface area contributed by atoms with Gasteiger partial charge in [-0.2, -0.15) is 0 Å². The highest BCUT2D eigenvalue weighted by Crippen LogP contribution is 2.33. The molecule has 0 radical (unpaired) electrons. The van der Waals surface area contributed by atoms with Gasteiger partial charge < -0.3 is 19.7 Å². The van der Waals surface area contributed by atoms with E-state index in [-0.39, 0.29) is 29.9 Å². The molecule has 0 bridgehead atoms. The van der Waals surface area contributed by atoms with E-state index in [1.807, 2.05) is 30.3 Å². The van der Waals surface area contributed by atoms with Crippen LogP contribution in [0.3, 0.4) is 0 Å². The van der Waals surface area contributed by atoms with Crippen molar-refractivity contribution in [3.05, 3.63) is 115 Å². The Morgan fingerprint density at radius 1 is 0.854 bits per heavy atom. The first-order valence-corrected chi connectivity index (χ1v) is 14.6. The van der Waals surface area contributed by atoms with Crippen molar-refractivity contribution in [2.75, 3.05) is 29.3 Å². The average molecular weight is 572 g/mol. The molecule has 1 aliphatic rings. The largest absolute Gasteiger partial charge is 0.484 e. The summed E-state index contributed by atoms with van der Waals surface area (Å²) in [4.78, 5) is 27.7. The van der Waals surface area contributed by atoms with Crippen molar-refractivity contribution < 1.29 is 27.5 Å². The van der Waals surface area contributed by atoms with E-state index in [2.05, 4.69) is 10.0 Å². The highest BCUT2D eigenvalue weighted by molar-refractivity contribution is 7.92. The molecule has 2 N–H and O–H groups in total. The Morgan fingerprint density at radius 2 is 1.51 bits per heavy atom. The summed E-state index contributed by atoms with van der Waals surface area (Å²) in [5.41, 5.74) is 2.10. The zero-order chi connectivity index (χ0) is 28.7. The number of nitrogens with one attached hydrogen (secondary N) is 2. The van der Waals surface area contributed by atoms with Crippen LogP contribution in [0.15, 0.2) is 114 Å². The molecule has 2 amide bonds. The molecule has 0 aliphatic carbocycles. The summed E-state index contributed by atoms with van der Waals surface area (Å²) in [6, 6.07) is 31.2. The third-order valence-electron chi connectivity index (χ3n) is 6.45. The van der Waals surface area contributed by atoms with E-state index in [9.17, 15) is 18.0 Å². The number of sulfonamides is 1. The second kappa shape index (κ2) is 12.6. The van der Waals surface area contributed by atoms with Crippen LogP contribution in [0.2, 0.25) is 0 Å². The summed E-state index contributed by atoms with van der Waals surface area (Å²) in [5, 5.41) is 2.89. The van der Waals surface area contributed by atoms with Crippen molar-refractivity contribution in [2.45, 2.75) is 17.4 Å². The molecule has 0 fully saturated rings. The highest BCUT2D eigenvalue weighted by atomic mass is 32.2. The van der Waals surface area contributed by atoms with Crippen molar-refractivity contribution in [3.8, 4) is 11.5 Å². The van der Waals surface area contributed by atoms with Crippen molar-refractivity contribution in [1.82, 2.24) is 5.32 Å². The molecule has 1 heterocycles. The van der Waals surface area contributed by atoms with E-state index in [0.717, 1.165) is 5.56 Å². The number of hydrogen-bond donors (Lipinski definition) is 2. The van der Waals surface area contributed by atoms with Gasteiger partial charge in [-0.05, 0) is 60.5 Å². The van der Waals surface area contributed by atoms with Crippen molar-refractivity contribution in [3.63, 3.8) is 0 Å². The Balaban J connectivity index is 1.19. The molecule has 0 saturated heterocycles. The molecule has 1 atom stereocenters. The summed E-state index contributed by atoms with van der Waals surface area (Å²) in [6.07, 6.45) is -0.208. The monoisotopic (exact) mass is 571 g/mol. The molecule has 0 spiro atoms. The maximum atomic E-state index is 13.2. The predicted octanol–water partition coefficient (Wildman–Crippen LogP) is 4.02. The summed E-state index contributed by atoms with van der Waals surface area (Å²) in [7, 11) is -3.78. The number of rotatable bonds is 10. The first-order valence-electron chi connectivity index (χ1n) is 13.1. The lowest BCUT2D eigenvalue weighted by Crippen LogP contribution is -2.52. The lowest BCUT2D eigenvalue weighted by Gasteiger charge is -2.34. The van der Waals surface area contributed by atoms with E-state index in [0.29, 0.717) is 35.8 Å². The Labute approximate surface area is 238 Å². The zero-order valence-corrected chi connectivity index (χ0v) is 22.9. The molecule has 4 aromatic carbocycles. The number of amides is 2. The molecule has 5 rings (SSSR count). The molecule has 41 heavy (non-hydrogen) atoms. The number of fused-ring (bicyclic) bond motifs is 1. The van der Waals surface area contributed by atoms with Crippen LogP contribution in [0.5, 0.6) is 11.5 Å². The van der Waals surface area contributed by atoms with Gasteiger partial charge in [-0.1, -0.05) is 60.7 Å². The minimum atomic E-state index is -3.78. The van der Waals surface area contributed by atoms with Gasteiger partial charge in [-0.15, -0.1) is 0 Å². The summed E-state index contributed by atoms with van der Waals surface area (Å²) >= 11 is 0. The fourth-order valence-electron chi connectivity index (χ4n) is 4.35. The van der Waals surface area contributed by atoms with Gasteiger partial charge in [0.2, 0.25) is 0 Å². The molecule has 4 aromatic rings. The van der Waals surface area contributed by atoms with Gasteiger partial charge in [0.05, 0.1) is 17.1 Å². The van der Waals surface area contributed by atoms with E-state index >= 15 is 0 Å². The Bertz CT molecular complexity index is 1600. The van der Waals surface area contributed by atoms with Gasteiger partial charge in [0, 0.05) is 12.2 Å². The fraction of sp³-hybridized carbons (Fsp3) is 0.161. The van der Waals surface area contributed by atoms with Crippen molar-refractivity contribution in [2.24, 2.45) is 0 Å². The van der Waals surface area contributed by atoms with Gasteiger partial charge in [0.1, 0.15) is 11.5 Å². The second-order valence-electron chi connectivity index (χ2n) is 9.34. The number of para-hydroxylation sites is 3. The summed E-state index contributed by atoms with van der Waals surface area (Å²) in [5.74, 6) is 0.0740. The van der Waals surface area contributed by atoms with Gasteiger partial charge in [-0.25, -0.2) is 8.42 Å². The van der Waals surface area contributed by atoms with Crippen LogP contribution in [0.25, 0.3) is 0 Å². The summed E-state index contributed by atoms with van der Waals surface area (Å²) < 4.78 is 39.5. The standard InChI is InChI=1S/C31H29N3O6S/c35-30(22-39-25-15-17-26(18-16-25)41(37,38)33-24-11-5-2-6-12-24)34-21-29(40-28-14-8-7-13-27(28)34)31(36)32-20-19-23-9-3-1-4-10-23/h1-18,29,33H,19-22H2,(H,32,36)/t29-/m1/s1. The lowest BCUT2D eigenvalue weighted by molar-refractivity contribution is -0.128. The Hall–Kier alpha value is -4.83. The Kier molecular flexibility index (Phi) is 8.50. The van der Waals surface area contributed by atoms with Crippen LogP contribution in [-0.4, -0.2) is 46.0 Å². The van der Waals surface area contributed by atoms with Crippen LogP contribution < -0.4 is 24.4 Å². The van der Waals surface area contributed by atoms with E-state index < -0.39 is 16.1 Å². The lowest BCUT2D eigenvalue weighted by atomic mass is 10.1. The van der Waals surface area contributed by atoms with Crippen LogP contribution in [0, 0.1) is 0 Å². The van der Waals surface area contributed by atoms with Gasteiger partial charge in [0.25, 0.3) is 21.8 Å². The number of carbonyl (C=O) groups excluding carboxylic acids is 2. The second-order valence-corrected chi connectivity index (χ2v) is 11.0. The number of benzene rings is 4. The predicted molar refractivity (Wildman–Crippen MR) is 156 cm³/mol. The quantitative estimate of drug-likeness (QED) is 0.297. The van der Waals surface area contributed by atoms with Gasteiger partial charge >= 0.3 is 0 Å². The zero-order valence-electron chi connectivity index (χ0n) is 22.1. The maximum Gasteiger partial charge on any atom is 0.265 e. The van der Waals surface area contributed by atoms with E-state index in [4.69, 9.17) is 9.47 Å². The molecular weight excluding hydrogens is 542 g/mol. The number of ether oxygens (including phenoxy) is 2. The maximum absolute atomic E-state index is 13.2. The van der Waals surface area contributed by atoms with E-state index in [1.165, 1.54) is 29.2 Å². The van der Waals surface area contributed by atoms with Gasteiger partial charge in [0.15, 0.2) is 12.7 Å². The normalized spacial score (nSPS) is 14.3. The molecule has 1 aliphatic heterocycles. The first kappa shape index (κ1) is 27.7. The number of anilines is 2. The molecule has 210 valence electrons. The van der Waals surface area contributed by atoms with Crippen molar-refractivity contribution >= 4 is 33.2 Å². The van der Waals surface area contributed by atoms with Crippen LogP contribution in [-0.2, 0) is 26.0 Å². The first-order chi connectivity index (χ1) is 19.9. The molecule has 0 unspecified atom stereocenters. The molecule has 10 heteroatoms. The van der Waals surface area contributed by atoms with E-state index in [1.54, 1.807) is 54.6 Å². The molecular formula is C31H29N3O6S. The molecule has 0 saturated carbocycles. The Morgan fingerprint density at radius 3 is 2.24 bits per heavy atom. The van der Waals surface area contributed by atoms with Crippen LogP contribution in [0.1, 0.15) is 5.56 Å². The fourth-order valence-corrected chi connectivity index (χ4v) is 5.41. The molecule has 0 aromatic heterocycles. The van der Waals surface area contributed by atoms with Gasteiger partial charge in [-0.3, -0.25) is 14.3 Å². The topological polar surface area (TPSA) is 114 Å². The number of carbonyl (C=O) groups is 2. The molecule has 9 nitrogen and oxygen atoms in total.